The largest absolute Gasteiger partial charge is 0.336 e. The third-order valence-corrected chi connectivity index (χ3v) is 4.41. The molecule has 0 saturated carbocycles. The SMILES string of the molecule is CCCCCCN1CCN(C(=O)c2ccc(C)c(F)c2)CC1. The fraction of sp³-hybridized carbons (Fsp3) is 0.611. The minimum atomic E-state index is -0.305. The molecule has 0 bridgehead atoms. The highest BCUT2D eigenvalue weighted by molar-refractivity contribution is 5.94. The Hall–Kier alpha value is -1.42. The van der Waals surface area contributed by atoms with Gasteiger partial charge in [-0.05, 0) is 37.6 Å². The van der Waals surface area contributed by atoms with Crippen LogP contribution in [0.4, 0.5) is 4.39 Å². The van der Waals surface area contributed by atoms with E-state index in [0.717, 1.165) is 32.7 Å². The number of carbonyl (C=O) groups is 1. The molecule has 0 N–H and O–H groups in total. The van der Waals surface area contributed by atoms with Crippen LogP contribution in [0, 0.1) is 12.7 Å². The summed E-state index contributed by atoms with van der Waals surface area (Å²) in [5.74, 6) is -0.357. The summed E-state index contributed by atoms with van der Waals surface area (Å²) in [7, 11) is 0. The Morgan fingerprint density at radius 3 is 2.50 bits per heavy atom. The summed E-state index contributed by atoms with van der Waals surface area (Å²) < 4.78 is 13.6. The average molecular weight is 306 g/mol. The Kier molecular flexibility index (Phi) is 6.37. The number of unbranched alkanes of at least 4 members (excludes halogenated alkanes) is 3. The number of nitrogens with zero attached hydrogens (tertiary/aromatic N) is 2. The Morgan fingerprint density at radius 2 is 1.86 bits per heavy atom. The molecule has 1 aliphatic rings. The van der Waals surface area contributed by atoms with Crippen molar-refractivity contribution in [1.82, 2.24) is 9.80 Å². The van der Waals surface area contributed by atoms with E-state index >= 15 is 0 Å². The van der Waals surface area contributed by atoms with Crippen LogP contribution >= 0.6 is 0 Å². The van der Waals surface area contributed by atoms with Crippen LogP contribution in [0.2, 0.25) is 0 Å². The number of benzene rings is 1. The van der Waals surface area contributed by atoms with Gasteiger partial charge in [0.15, 0.2) is 0 Å². The maximum atomic E-state index is 13.6. The van der Waals surface area contributed by atoms with Crippen LogP contribution in [-0.2, 0) is 0 Å². The zero-order valence-corrected chi connectivity index (χ0v) is 13.8. The highest BCUT2D eigenvalue weighted by atomic mass is 19.1. The van der Waals surface area contributed by atoms with Crippen LogP contribution < -0.4 is 0 Å². The molecule has 1 heterocycles. The summed E-state index contributed by atoms with van der Waals surface area (Å²) in [6, 6.07) is 4.75. The van der Waals surface area contributed by atoms with E-state index in [1.165, 1.54) is 31.7 Å². The number of piperazine rings is 1. The number of halogens is 1. The van der Waals surface area contributed by atoms with Gasteiger partial charge in [-0.25, -0.2) is 4.39 Å². The fourth-order valence-corrected chi connectivity index (χ4v) is 2.85. The average Bonchev–Trinajstić information content (AvgIpc) is 2.54. The molecule has 22 heavy (non-hydrogen) atoms. The smallest absolute Gasteiger partial charge is 0.254 e. The maximum Gasteiger partial charge on any atom is 0.254 e. The Morgan fingerprint density at radius 1 is 1.14 bits per heavy atom. The van der Waals surface area contributed by atoms with E-state index in [9.17, 15) is 9.18 Å². The van der Waals surface area contributed by atoms with Crippen molar-refractivity contribution in [3.63, 3.8) is 0 Å². The molecule has 0 radical (unpaired) electrons. The summed E-state index contributed by atoms with van der Waals surface area (Å²) in [5.41, 5.74) is 1.04. The van der Waals surface area contributed by atoms with Gasteiger partial charge in [-0.15, -0.1) is 0 Å². The van der Waals surface area contributed by atoms with Gasteiger partial charge >= 0.3 is 0 Å². The first kappa shape index (κ1) is 16.9. The number of aryl methyl sites for hydroxylation is 1. The summed E-state index contributed by atoms with van der Waals surface area (Å²) in [6.07, 6.45) is 5.09. The third kappa shape index (κ3) is 4.54. The van der Waals surface area contributed by atoms with Crippen molar-refractivity contribution in [2.75, 3.05) is 32.7 Å². The molecule has 1 aliphatic heterocycles. The van der Waals surface area contributed by atoms with Gasteiger partial charge in [0.05, 0.1) is 0 Å². The zero-order chi connectivity index (χ0) is 15.9. The lowest BCUT2D eigenvalue weighted by Crippen LogP contribution is -2.48. The number of rotatable bonds is 6. The van der Waals surface area contributed by atoms with Gasteiger partial charge in [0.1, 0.15) is 5.82 Å². The minimum absolute atomic E-state index is 0.0514. The molecule has 1 fully saturated rings. The lowest BCUT2D eigenvalue weighted by Gasteiger charge is -2.34. The highest BCUT2D eigenvalue weighted by Crippen LogP contribution is 2.13. The van der Waals surface area contributed by atoms with E-state index in [1.54, 1.807) is 19.1 Å². The first-order valence-electron chi connectivity index (χ1n) is 8.39. The van der Waals surface area contributed by atoms with Crippen molar-refractivity contribution in [1.29, 1.82) is 0 Å². The molecule has 1 aromatic carbocycles. The Balaban J connectivity index is 1.80. The molecule has 122 valence electrons. The molecule has 0 aliphatic carbocycles. The Labute approximate surface area is 133 Å². The standard InChI is InChI=1S/C18H27FN2O/c1-3-4-5-6-9-20-10-12-21(13-11-20)18(22)16-8-7-15(2)17(19)14-16/h7-8,14H,3-6,9-13H2,1-2H3. The van der Waals surface area contributed by atoms with Crippen molar-refractivity contribution in [2.24, 2.45) is 0 Å². The summed E-state index contributed by atoms with van der Waals surface area (Å²) in [6.45, 7) is 8.38. The van der Waals surface area contributed by atoms with Gasteiger partial charge in [-0.3, -0.25) is 9.69 Å². The van der Waals surface area contributed by atoms with E-state index in [1.807, 2.05) is 4.90 Å². The molecule has 0 unspecified atom stereocenters. The van der Waals surface area contributed by atoms with Crippen LogP contribution in [0.3, 0.4) is 0 Å². The van der Waals surface area contributed by atoms with Crippen molar-refractivity contribution in [2.45, 2.75) is 39.5 Å². The van der Waals surface area contributed by atoms with Gasteiger partial charge in [-0.2, -0.15) is 0 Å². The van der Waals surface area contributed by atoms with E-state index in [4.69, 9.17) is 0 Å². The molecule has 2 rings (SSSR count). The molecule has 1 saturated heterocycles. The van der Waals surface area contributed by atoms with Crippen LogP contribution in [0.1, 0.15) is 48.5 Å². The topological polar surface area (TPSA) is 23.6 Å². The monoisotopic (exact) mass is 306 g/mol. The maximum absolute atomic E-state index is 13.6. The van der Waals surface area contributed by atoms with Crippen molar-refractivity contribution < 1.29 is 9.18 Å². The van der Waals surface area contributed by atoms with Gasteiger partial charge < -0.3 is 4.90 Å². The molecule has 1 amide bonds. The van der Waals surface area contributed by atoms with Gasteiger partial charge in [0.2, 0.25) is 0 Å². The fourth-order valence-electron chi connectivity index (χ4n) is 2.85. The Bertz CT molecular complexity index is 496. The van der Waals surface area contributed by atoms with Gasteiger partial charge in [-0.1, -0.05) is 32.3 Å². The summed E-state index contributed by atoms with van der Waals surface area (Å²) >= 11 is 0. The van der Waals surface area contributed by atoms with Crippen molar-refractivity contribution >= 4 is 5.91 Å². The number of amides is 1. The van der Waals surface area contributed by atoms with Crippen molar-refractivity contribution in [3.8, 4) is 0 Å². The molecule has 3 nitrogen and oxygen atoms in total. The molecule has 0 aromatic heterocycles. The quantitative estimate of drug-likeness (QED) is 0.751. The predicted octanol–water partition coefficient (Wildman–Crippen LogP) is 3.47. The van der Waals surface area contributed by atoms with E-state index in [2.05, 4.69) is 11.8 Å². The molecular weight excluding hydrogens is 279 g/mol. The first-order valence-corrected chi connectivity index (χ1v) is 8.39. The lowest BCUT2D eigenvalue weighted by atomic mass is 10.1. The zero-order valence-electron chi connectivity index (χ0n) is 13.8. The minimum Gasteiger partial charge on any atom is -0.336 e. The predicted molar refractivity (Wildman–Crippen MR) is 87.6 cm³/mol. The van der Waals surface area contributed by atoms with Crippen molar-refractivity contribution in [3.05, 3.63) is 35.1 Å². The van der Waals surface area contributed by atoms with Crippen LogP contribution in [-0.4, -0.2) is 48.4 Å². The lowest BCUT2D eigenvalue weighted by molar-refractivity contribution is 0.0634. The number of carbonyl (C=O) groups excluding carboxylic acids is 1. The van der Waals surface area contributed by atoms with E-state index < -0.39 is 0 Å². The summed E-state index contributed by atoms with van der Waals surface area (Å²) in [5, 5.41) is 0. The third-order valence-electron chi connectivity index (χ3n) is 4.41. The normalized spacial score (nSPS) is 16.0. The first-order chi connectivity index (χ1) is 10.6. The van der Waals surface area contributed by atoms with Crippen LogP contribution in [0.25, 0.3) is 0 Å². The highest BCUT2D eigenvalue weighted by Gasteiger charge is 2.22. The molecule has 0 spiro atoms. The second-order valence-corrected chi connectivity index (χ2v) is 6.16. The van der Waals surface area contributed by atoms with E-state index in [0.29, 0.717) is 11.1 Å². The van der Waals surface area contributed by atoms with E-state index in [-0.39, 0.29) is 11.7 Å². The number of hydrogen-bond donors (Lipinski definition) is 0. The summed E-state index contributed by atoms with van der Waals surface area (Å²) in [4.78, 5) is 16.7. The molecule has 4 heteroatoms. The second kappa shape index (κ2) is 8.28. The van der Waals surface area contributed by atoms with Gasteiger partial charge in [0.25, 0.3) is 5.91 Å². The second-order valence-electron chi connectivity index (χ2n) is 6.16. The van der Waals surface area contributed by atoms with Gasteiger partial charge in [0, 0.05) is 31.7 Å². The molecule has 0 atom stereocenters. The van der Waals surface area contributed by atoms with Crippen LogP contribution in [0.15, 0.2) is 18.2 Å². The number of hydrogen-bond acceptors (Lipinski definition) is 2. The molecular formula is C18H27FN2O. The van der Waals surface area contributed by atoms with Crippen LogP contribution in [0.5, 0.6) is 0 Å². The molecule has 1 aromatic rings.